The maximum absolute atomic E-state index is 13.8. The third-order valence-corrected chi connectivity index (χ3v) is 11.1. The van der Waals surface area contributed by atoms with Crippen LogP contribution in [0.15, 0.2) is 35.5 Å². The molecule has 0 amide bonds. The highest BCUT2D eigenvalue weighted by molar-refractivity contribution is 5.95. The number of ether oxygens (including phenoxy) is 1. The quantitative estimate of drug-likeness (QED) is 0.238. The number of carboxylic acids is 1. The summed E-state index contributed by atoms with van der Waals surface area (Å²) in [6, 6.07) is 0. The third kappa shape index (κ3) is 4.44. The molecule has 3 saturated carbocycles. The Morgan fingerprint density at radius 1 is 1.16 bits per heavy atom. The van der Waals surface area contributed by atoms with Gasteiger partial charge in [0.1, 0.15) is 6.10 Å². The number of hydrogen-bond donors (Lipinski definition) is 1. The molecule has 3 fully saturated rings. The zero-order valence-corrected chi connectivity index (χ0v) is 23.9. The monoisotopic (exact) mass is 510 g/mol. The van der Waals surface area contributed by atoms with Crippen molar-refractivity contribution in [3.05, 3.63) is 35.5 Å². The van der Waals surface area contributed by atoms with Gasteiger partial charge in [0, 0.05) is 23.8 Å². The second-order valence-electron chi connectivity index (χ2n) is 13.6. The molecule has 8 atom stereocenters. The molecule has 0 aromatic heterocycles. The number of aliphatic carboxylic acids is 1. The van der Waals surface area contributed by atoms with Crippen LogP contribution in [0.3, 0.4) is 0 Å². The van der Waals surface area contributed by atoms with E-state index in [2.05, 4.69) is 41.2 Å². The summed E-state index contributed by atoms with van der Waals surface area (Å²) < 4.78 is 5.73. The first-order valence-corrected chi connectivity index (χ1v) is 14.2. The average molecular weight is 511 g/mol. The third-order valence-electron chi connectivity index (χ3n) is 11.1. The van der Waals surface area contributed by atoms with E-state index in [1.807, 2.05) is 12.2 Å². The van der Waals surface area contributed by atoms with Crippen LogP contribution < -0.4 is 0 Å². The highest BCUT2D eigenvalue weighted by Crippen LogP contribution is 2.70. The summed E-state index contributed by atoms with van der Waals surface area (Å²) in [7, 11) is 0. The molecule has 0 bridgehead atoms. The summed E-state index contributed by atoms with van der Waals surface area (Å²) in [5, 5.41) is 9.14. The summed E-state index contributed by atoms with van der Waals surface area (Å²) in [4.78, 5) is 36.8. The van der Waals surface area contributed by atoms with E-state index in [0.717, 1.165) is 44.9 Å². The molecule has 1 N–H and O–H groups in total. The smallest absolute Gasteiger partial charge is 0.330 e. The summed E-state index contributed by atoms with van der Waals surface area (Å²) in [5.74, 6) is 0.488. The van der Waals surface area contributed by atoms with Crippen molar-refractivity contribution in [3.63, 3.8) is 0 Å². The Morgan fingerprint density at radius 3 is 2.46 bits per heavy atom. The molecule has 37 heavy (non-hydrogen) atoms. The van der Waals surface area contributed by atoms with Crippen molar-refractivity contribution in [2.45, 2.75) is 99.5 Å². The Labute approximate surface area is 222 Å². The topological polar surface area (TPSA) is 80.7 Å². The lowest BCUT2D eigenvalue weighted by atomic mass is 9.47. The van der Waals surface area contributed by atoms with Crippen LogP contribution in [0.25, 0.3) is 0 Å². The molecule has 4 aliphatic rings. The number of esters is 1. The fourth-order valence-electron chi connectivity index (χ4n) is 9.10. The van der Waals surface area contributed by atoms with Gasteiger partial charge < -0.3 is 9.84 Å². The number of carbonyl (C=O) groups excluding carboxylic acids is 2. The van der Waals surface area contributed by atoms with Crippen molar-refractivity contribution in [1.82, 2.24) is 0 Å². The summed E-state index contributed by atoms with van der Waals surface area (Å²) >= 11 is 0. The molecule has 0 spiro atoms. The Kier molecular flexibility index (Phi) is 7.18. The van der Waals surface area contributed by atoms with E-state index in [1.54, 1.807) is 6.92 Å². The highest BCUT2D eigenvalue weighted by Gasteiger charge is 2.65. The number of fused-ring (bicyclic) bond motifs is 5. The van der Waals surface area contributed by atoms with Crippen LogP contribution in [0, 0.1) is 45.8 Å². The van der Waals surface area contributed by atoms with Crippen molar-refractivity contribution in [2.75, 3.05) is 0 Å². The normalized spacial score (nSPS) is 39.7. The summed E-state index contributed by atoms with van der Waals surface area (Å²) in [6.07, 6.45) is 10.2. The second-order valence-corrected chi connectivity index (χ2v) is 13.6. The molecule has 0 aromatic rings. The SMILES string of the molecule is C=C1C2C[C@H]3C(=CC(=O)[C@H]4C(C)(C)[C@H](OC(C)=O)CC[C@]34C)[C@]2(C)CC[C@@H]1[C@H](C)CC/C=C(/C)C(=O)O. The highest BCUT2D eigenvalue weighted by atomic mass is 16.5. The first kappa shape index (κ1) is 27.9. The minimum atomic E-state index is -0.848. The lowest BCUT2D eigenvalue weighted by Crippen LogP contribution is -2.58. The fraction of sp³-hybridized carbons (Fsp3) is 0.719. The predicted molar refractivity (Wildman–Crippen MR) is 145 cm³/mol. The van der Waals surface area contributed by atoms with E-state index in [9.17, 15) is 14.4 Å². The van der Waals surface area contributed by atoms with Gasteiger partial charge in [-0.1, -0.05) is 58.4 Å². The molecule has 0 saturated heterocycles. The van der Waals surface area contributed by atoms with Crippen molar-refractivity contribution in [2.24, 2.45) is 45.8 Å². The van der Waals surface area contributed by atoms with Crippen LogP contribution >= 0.6 is 0 Å². The van der Waals surface area contributed by atoms with E-state index in [1.165, 1.54) is 18.1 Å². The van der Waals surface area contributed by atoms with Crippen molar-refractivity contribution in [1.29, 1.82) is 0 Å². The Morgan fingerprint density at radius 2 is 1.84 bits per heavy atom. The molecule has 0 aromatic carbocycles. The van der Waals surface area contributed by atoms with Crippen molar-refractivity contribution < 1.29 is 24.2 Å². The number of ketones is 1. The van der Waals surface area contributed by atoms with Crippen LogP contribution in [0.1, 0.15) is 93.4 Å². The maximum Gasteiger partial charge on any atom is 0.330 e. The second kappa shape index (κ2) is 9.54. The molecule has 5 heteroatoms. The molecule has 204 valence electrons. The van der Waals surface area contributed by atoms with Gasteiger partial charge in [-0.05, 0) is 92.4 Å². The van der Waals surface area contributed by atoms with Crippen molar-refractivity contribution in [3.8, 4) is 0 Å². The van der Waals surface area contributed by atoms with Crippen LogP contribution in [0.5, 0.6) is 0 Å². The van der Waals surface area contributed by atoms with E-state index in [-0.39, 0.29) is 34.6 Å². The van der Waals surface area contributed by atoms with Crippen LogP contribution in [-0.4, -0.2) is 28.9 Å². The molecule has 4 aliphatic carbocycles. The van der Waals surface area contributed by atoms with Gasteiger partial charge in [-0.25, -0.2) is 4.79 Å². The fourth-order valence-corrected chi connectivity index (χ4v) is 9.10. The minimum absolute atomic E-state index is 0.0295. The standard InChI is InChI=1S/C32H46O5/c1-18(10-9-11-19(2)29(35)36)22-12-14-31(7)23(20(22)3)16-24-25(31)17-26(34)28-30(5,6)27(37-21(4)33)13-15-32(24,28)8/h11,17-18,22-24,27-28H,3,9-10,12-16H2,1-2,4-8H3,(H,35,36)/b19-11-/t18-,22-,23?,24+,27-,28+,31-,32-/m1/s1. The Balaban J connectivity index is 1.58. The Hall–Kier alpha value is -2.17. The predicted octanol–water partition coefficient (Wildman–Crippen LogP) is 6.93. The van der Waals surface area contributed by atoms with Gasteiger partial charge in [-0.2, -0.15) is 0 Å². The van der Waals surface area contributed by atoms with Crippen molar-refractivity contribution >= 4 is 17.7 Å². The van der Waals surface area contributed by atoms with E-state index in [0.29, 0.717) is 29.2 Å². The Bertz CT molecular complexity index is 1060. The molecule has 0 radical (unpaired) electrons. The van der Waals surface area contributed by atoms with Gasteiger partial charge in [0.15, 0.2) is 5.78 Å². The van der Waals surface area contributed by atoms with Gasteiger partial charge in [-0.3, -0.25) is 9.59 Å². The van der Waals surface area contributed by atoms with Gasteiger partial charge in [0.05, 0.1) is 0 Å². The lowest BCUT2D eigenvalue weighted by molar-refractivity contribution is -0.175. The zero-order valence-electron chi connectivity index (χ0n) is 23.9. The minimum Gasteiger partial charge on any atom is -0.478 e. The van der Waals surface area contributed by atoms with Gasteiger partial charge >= 0.3 is 11.9 Å². The molecular weight excluding hydrogens is 464 g/mol. The summed E-state index contributed by atoms with van der Waals surface area (Å²) in [5.41, 5.74) is 2.49. The molecule has 1 unspecified atom stereocenters. The number of carboxylic acid groups (broad SMARTS) is 1. The summed E-state index contributed by atoms with van der Waals surface area (Å²) in [6.45, 7) is 19.0. The number of rotatable bonds is 6. The first-order valence-electron chi connectivity index (χ1n) is 14.2. The van der Waals surface area contributed by atoms with E-state index in [4.69, 9.17) is 9.84 Å². The van der Waals surface area contributed by atoms with Gasteiger partial charge in [0.2, 0.25) is 0 Å². The van der Waals surface area contributed by atoms with Crippen LogP contribution in [-0.2, 0) is 19.1 Å². The number of hydrogen-bond acceptors (Lipinski definition) is 4. The molecule has 5 nitrogen and oxygen atoms in total. The van der Waals surface area contributed by atoms with Crippen LogP contribution in [0.2, 0.25) is 0 Å². The lowest BCUT2D eigenvalue weighted by Gasteiger charge is -2.57. The van der Waals surface area contributed by atoms with Gasteiger partial charge in [-0.15, -0.1) is 0 Å². The zero-order chi connectivity index (χ0) is 27.5. The van der Waals surface area contributed by atoms with Gasteiger partial charge in [0.25, 0.3) is 0 Å². The molecule has 0 heterocycles. The van der Waals surface area contributed by atoms with E-state index >= 15 is 0 Å². The largest absolute Gasteiger partial charge is 0.478 e. The molecule has 0 aliphatic heterocycles. The molecule has 4 rings (SSSR count). The number of carbonyl (C=O) groups is 3. The average Bonchev–Trinajstić information content (AvgIpc) is 3.09. The number of allylic oxidation sites excluding steroid dienone is 4. The van der Waals surface area contributed by atoms with E-state index < -0.39 is 11.4 Å². The van der Waals surface area contributed by atoms with Crippen LogP contribution in [0.4, 0.5) is 0 Å². The molecular formula is C32H46O5. The maximum atomic E-state index is 13.8. The first-order chi connectivity index (χ1) is 17.1.